The van der Waals surface area contributed by atoms with E-state index in [1.54, 1.807) is 0 Å². The topological polar surface area (TPSA) is 56.9 Å². The highest BCUT2D eigenvalue weighted by atomic mass is 16.3. The normalized spacial score (nSPS) is 13.0. The molecule has 0 aromatic carbocycles. The maximum absolute atomic E-state index is 9.03. The van der Waals surface area contributed by atoms with Gasteiger partial charge in [-0.3, -0.25) is 4.98 Å². The molecule has 0 radical (unpaired) electrons. The van der Waals surface area contributed by atoms with Gasteiger partial charge in [0.05, 0.1) is 15.8 Å². The number of aromatic nitrogens is 1. The average molecular weight is 123 g/mol. The van der Waals surface area contributed by atoms with Crippen molar-refractivity contribution in [3.63, 3.8) is 0 Å². The van der Waals surface area contributed by atoms with Crippen LogP contribution in [0.3, 0.4) is 0 Å². The summed E-state index contributed by atoms with van der Waals surface area (Å²) in [5, 5.41) is 17.5. The third-order valence-electron chi connectivity index (χ3n) is 0.747. The summed E-state index contributed by atoms with van der Waals surface area (Å²) in [5.74, 6) is -0.640. The molecule has 0 fully saturated rings. The van der Waals surface area contributed by atoms with Crippen LogP contribution >= 0.6 is 0 Å². The zero-order valence-electron chi connectivity index (χ0n) is 7.34. The minimum absolute atomic E-state index is 0.375. The van der Waals surface area contributed by atoms with E-state index in [0.29, 0.717) is 0 Å². The van der Waals surface area contributed by atoms with Gasteiger partial charge in [-0.1, -0.05) is 0 Å². The van der Waals surface area contributed by atoms with E-state index in [-0.39, 0.29) is 5.56 Å². The van der Waals surface area contributed by atoms with Crippen LogP contribution in [0.2, 0.25) is 0 Å². The molecule has 1 rings (SSSR count). The molecule has 0 amide bonds. The highest BCUT2D eigenvalue weighted by Crippen LogP contribution is 2.10. The van der Waals surface area contributed by atoms with E-state index in [1.165, 1.54) is 6.07 Å². The van der Waals surface area contributed by atoms with Crippen molar-refractivity contribution >= 4 is 0 Å². The number of hydrogen-bond donors (Lipinski definition) is 1. The first-order valence-corrected chi connectivity index (χ1v) is 2.14. The van der Waals surface area contributed by atoms with Crippen molar-refractivity contribution in [3.05, 3.63) is 24.0 Å². The number of hydrogen-bond acceptors (Lipinski definition) is 3. The van der Waals surface area contributed by atoms with Gasteiger partial charge in [0.15, 0.2) is 5.75 Å². The van der Waals surface area contributed by atoms with Gasteiger partial charge in [0.25, 0.3) is 0 Å². The van der Waals surface area contributed by atoms with Crippen LogP contribution in [-0.4, -0.2) is 10.1 Å². The molecule has 3 nitrogen and oxygen atoms in total. The fourth-order valence-corrected chi connectivity index (χ4v) is 0.361. The van der Waals surface area contributed by atoms with Gasteiger partial charge < -0.3 is 5.11 Å². The molecule has 0 aliphatic carbocycles. The van der Waals surface area contributed by atoms with Crippen LogP contribution in [0.1, 0.15) is 9.68 Å². The maximum atomic E-state index is 9.03. The zero-order valence-corrected chi connectivity index (χ0v) is 4.34. The van der Waals surface area contributed by atoms with Gasteiger partial charge in [0.2, 0.25) is 0 Å². The summed E-state index contributed by atoms with van der Waals surface area (Å²) in [4.78, 5) is 3.23. The Kier molecular flexibility index (Phi) is 0.673. The molecule has 44 valence electrons. The predicted octanol–water partition coefficient (Wildman–Crippen LogP) is 0.659. The van der Waals surface area contributed by atoms with Gasteiger partial charge in [-0.15, -0.1) is 0 Å². The fourth-order valence-electron chi connectivity index (χ4n) is 0.361. The van der Waals surface area contributed by atoms with Gasteiger partial charge in [-0.25, -0.2) is 0 Å². The van der Waals surface area contributed by atoms with Crippen LogP contribution in [0, 0.1) is 11.3 Å². The van der Waals surface area contributed by atoms with Crippen molar-refractivity contribution < 1.29 is 9.22 Å². The molecule has 0 saturated carbocycles. The van der Waals surface area contributed by atoms with E-state index in [9.17, 15) is 0 Å². The SMILES string of the molecule is [2H]c1nc([2H])c(O)c(C#N)c1[2H]. The van der Waals surface area contributed by atoms with E-state index in [4.69, 9.17) is 14.5 Å². The van der Waals surface area contributed by atoms with E-state index in [1.807, 2.05) is 0 Å². The van der Waals surface area contributed by atoms with Crippen molar-refractivity contribution in [2.45, 2.75) is 0 Å². The Labute approximate surface area is 56.4 Å². The predicted molar refractivity (Wildman–Crippen MR) is 30.6 cm³/mol. The summed E-state index contributed by atoms with van der Waals surface area (Å²) in [5.41, 5.74) is -0.375. The van der Waals surface area contributed by atoms with Gasteiger partial charge in [0, 0.05) is 6.17 Å². The quantitative estimate of drug-likeness (QED) is 0.551. The lowest BCUT2D eigenvalue weighted by Crippen LogP contribution is -1.75. The summed E-state index contributed by atoms with van der Waals surface area (Å²) in [6.45, 7) is 0. The van der Waals surface area contributed by atoms with Crippen molar-refractivity contribution in [1.82, 2.24) is 4.98 Å². The summed E-state index contributed by atoms with van der Waals surface area (Å²) >= 11 is 0. The second-order valence-corrected chi connectivity index (χ2v) is 1.30. The minimum Gasteiger partial charge on any atom is -0.505 e. The van der Waals surface area contributed by atoms with Crippen molar-refractivity contribution in [2.24, 2.45) is 0 Å². The van der Waals surface area contributed by atoms with Crippen LogP contribution in [0.5, 0.6) is 5.75 Å². The monoisotopic (exact) mass is 123 g/mol. The van der Waals surface area contributed by atoms with Gasteiger partial charge in [-0.2, -0.15) is 5.26 Å². The molecular weight excluding hydrogens is 116 g/mol. The van der Waals surface area contributed by atoms with Crippen molar-refractivity contribution in [3.8, 4) is 11.8 Å². The molecule has 9 heavy (non-hydrogen) atoms. The molecule has 0 aliphatic rings. The second kappa shape index (κ2) is 2.14. The molecule has 3 heteroatoms. The first-order valence-electron chi connectivity index (χ1n) is 3.64. The molecule has 0 saturated heterocycles. The Morgan fingerprint density at radius 2 is 2.67 bits per heavy atom. The fraction of sp³-hybridized carbons (Fsp3) is 0. The number of rotatable bonds is 0. The summed E-state index contributed by atoms with van der Waals surface area (Å²) in [7, 11) is 0. The molecule has 1 aromatic rings. The number of nitrogens with zero attached hydrogens (tertiary/aromatic N) is 2. The third kappa shape index (κ3) is 0.970. The van der Waals surface area contributed by atoms with Crippen LogP contribution in [-0.2, 0) is 0 Å². The van der Waals surface area contributed by atoms with E-state index >= 15 is 0 Å². The number of pyridine rings is 1. The van der Waals surface area contributed by atoms with E-state index in [0.717, 1.165) is 0 Å². The number of nitriles is 1. The molecular formula is C6H4N2O. The van der Waals surface area contributed by atoms with E-state index < -0.39 is 24.1 Å². The molecule has 0 atom stereocenters. The van der Waals surface area contributed by atoms with Crippen molar-refractivity contribution in [1.29, 1.82) is 5.26 Å². The molecule has 1 aromatic heterocycles. The van der Waals surface area contributed by atoms with Crippen LogP contribution < -0.4 is 0 Å². The maximum Gasteiger partial charge on any atom is 0.151 e. The van der Waals surface area contributed by atoms with E-state index in [2.05, 4.69) is 4.98 Å². The highest BCUT2D eigenvalue weighted by Gasteiger charge is 1.94. The van der Waals surface area contributed by atoms with Crippen LogP contribution in [0.4, 0.5) is 0 Å². The Balaban J connectivity index is 3.56. The molecule has 0 bridgehead atoms. The van der Waals surface area contributed by atoms with Gasteiger partial charge in [-0.05, 0) is 6.04 Å². The lowest BCUT2D eigenvalue weighted by molar-refractivity contribution is 0.471. The van der Waals surface area contributed by atoms with Crippen LogP contribution in [0.15, 0.2) is 18.4 Å². The second-order valence-electron chi connectivity index (χ2n) is 1.30. The Morgan fingerprint density at radius 3 is 3.33 bits per heavy atom. The Morgan fingerprint density at radius 1 is 1.89 bits per heavy atom. The average Bonchev–Trinajstić information content (AvgIpc) is 2.02. The summed E-state index contributed by atoms with van der Waals surface area (Å²) < 4.78 is 21.1. The van der Waals surface area contributed by atoms with Gasteiger partial charge >= 0.3 is 0 Å². The lowest BCUT2D eigenvalue weighted by Gasteiger charge is -1.89. The first-order chi connectivity index (χ1) is 5.57. The standard InChI is InChI=1S/C6H4N2O/c7-3-5-1-2-8-4-6(5)9/h1-2,4,9H/i1D,2D,4D. The molecule has 1 N–H and O–H groups in total. The zero-order chi connectivity index (χ0) is 9.30. The number of aromatic hydroxyl groups is 1. The summed E-state index contributed by atoms with van der Waals surface area (Å²) in [6.07, 6.45) is -1.03. The van der Waals surface area contributed by atoms with Crippen LogP contribution in [0.25, 0.3) is 0 Å². The van der Waals surface area contributed by atoms with Crippen molar-refractivity contribution in [2.75, 3.05) is 0 Å². The minimum atomic E-state index is -0.640. The lowest BCUT2D eigenvalue weighted by atomic mass is 10.3. The Hall–Kier alpha value is -1.56. The first kappa shape index (κ1) is 2.83. The Bertz CT molecular complexity index is 346. The summed E-state index contributed by atoms with van der Waals surface area (Å²) in [6, 6.07) is 1.07. The third-order valence-corrected chi connectivity index (χ3v) is 0.747. The molecule has 0 unspecified atom stereocenters. The molecule has 0 spiro atoms. The molecule has 1 heterocycles. The smallest absolute Gasteiger partial charge is 0.151 e. The van der Waals surface area contributed by atoms with Gasteiger partial charge in [0.1, 0.15) is 6.07 Å². The highest BCUT2D eigenvalue weighted by molar-refractivity contribution is 5.38. The molecule has 0 aliphatic heterocycles. The largest absolute Gasteiger partial charge is 0.505 e.